The van der Waals surface area contributed by atoms with Gasteiger partial charge in [0.05, 0.1) is 10.0 Å². The summed E-state index contributed by atoms with van der Waals surface area (Å²) in [6.45, 7) is 3.43. The number of ether oxygens (including phenoxy) is 1. The summed E-state index contributed by atoms with van der Waals surface area (Å²) in [5, 5.41) is 9.09. The van der Waals surface area contributed by atoms with Crippen LogP contribution in [0.2, 0.25) is 10.0 Å². The van der Waals surface area contributed by atoms with Crippen LogP contribution < -0.4 is 20.1 Å². The lowest BCUT2D eigenvalue weighted by Crippen LogP contribution is -2.55. The number of hydrogen-bond donors (Lipinski definition) is 2. The Hall–Kier alpha value is -2.07. The molecule has 1 amide bonds. The minimum absolute atomic E-state index is 0.00613. The molecule has 2 bridgehead atoms. The van der Waals surface area contributed by atoms with E-state index in [0.29, 0.717) is 15.8 Å². The van der Waals surface area contributed by atoms with Gasteiger partial charge in [-0.05, 0) is 63.8 Å². The van der Waals surface area contributed by atoms with Crippen LogP contribution in [0.4, 0.5) is 5.82 Å². The van der Waals surface area contributed by atoms with E-state index in [1.165, 1.54) is 12.3 Å². The molecule has 4 rings (SSSR count). The molecule has 8 nitrogen and oxygen atoms in total. The van der Waals surface area contributed by atoms with Crippen LogP contribution in [0.15, 0.2) is 41.4 Å². The molecule has 2 saturated heterocycles. The highest BCUT2D eigenvalue weighted by Crippen LogP contribution is 2.39. The van der Waals surface area contributed by atoms with Gasteiger partial charge in [0.2, 0.25) is 10.0 Å². The Labute approximate surface area is 203 Å². The second-order valence-corrected chi connectivity index (χ2v) is 11.4. The molecule has 0 radical (unpaired) electrons. The van der Waals surface area contributed by atoms with E-state index in [1.807, 2.05) is 0 Å². The van der Waals surface area contributed by atoms with E-state index < -0.39 is 15.6 Å². The Kier molecular flexibility index (Phi) is 6.52. The first-order valence-electron chi connectivity index (χ1n) is 10.7. The van der Waals surface area contributed by atoms with Crippen LogP contribution in [0.1, 0.15) is 39.5 Å². The standard InChI is InChI=1S/C22H26Cl2N4O4S/c1-22(2,32-16-5-7-18(23)19(24)11-16)21(29)27-13-9-14-3-4-15(10-13)28(14)20-8-6-17(12-26-20)33(25,30)31/h5-8,11-15H,3-4,9-10H2,1-2H3,(H,27,29)(H2,25,30,31). The first-order valence-corrected chi connectivity index (χ1v) is 13.0. The number of rotatable bonds is 6. The number of pyridine rings is 1. The maximum Gasteiger partial charge on any atom is 0.263 e. The minimum Gasteiger partial charge on any atom is -0.478 e. The van der Waals surface area contributed by atoms with Crippen LogP contribution in [0.25, 0.3) is 0 Å². The van der Waals surface area contributed by atoms with Crippen molar-refractivity contribution in [2.45, 2.75) is 68.2 Å². The van der Waals surface area contributed by atoms with Crippen LogP contribution in [-0.2, 0) is 14.8 Å². The Bertz CT molecular complexity index is 1140. The molecule has 3 heterocycles. The molecule has 0 spiro atoms. The van der Waals surface area contributed by atoms with Crippen LogP contribution in [-0.4, -0.2) is 43.0 Å². The summed E-state index contributed by atoms with van der Waals surface area (Å²) in [5.41, 5.74) is -1.10. The topological polar surface area (TPSA) is 115 Å². The van der Waals surface area contributed by atoms with Crippen molar-refractivity contribution in [1.82, 2.24) is 10.3 Å². The molecule has 2 aliphatic heterocycles. The second-order valence-electron chi connectivity index (χ2n) is 9.02. The predicted molar refractivity (Wildman–Crippen MR) is 127 cm³/mol. The molecule has 2 aromatic rings. The number of benzene rings is 1. The normalized spacial score (nSPS) is 22.8. The third-order valence-electron chi connectivity index (χ3n) is 6.19. The van der Waals surface area contributed by atoms with Gasteiger partial charge in [-0.2, -0.15) is 0 Å². The molecule has 3 N–H and O–H groups in total. The van der Waals surface area contributed by atoms with Crippen molar-refractivity contribution in [3.05, 3.63) is 46.6 Å². The van der Waals surface area contributed by atoms with Gasteiger partial charge >= 0.3 is 0 Å². The van der Waals surface area contributed by atoms with E-state index in [2.05, 4.69) is 15.2 Å². The molecule has 2 unspecified atom stereocenters. The molecule has 2 atom stereocenters. The lowest BCUT2D eigenvalue weighted by atomic mass is 9.96. The van der Waals surface area contributed by atoms with Crippen molar-refractivity contribution >= 4 is 45.0 Å². The molecule has 178 valence electrons. The van der Waals surface area contributed by atoms with Gasteiger partial charge in [-0.1, -0.05) is 23.2 Å². The van der Waals surface area contributed by atoms with Gasteiger partial charge in [0.1, 0.15) is 16.5 Å². The minimum atomic E-state index is -3.78. The summed E-state index contributed by atoms with van der Waals surface area (Å²) in [4.78, 5) is 19.6. The number of nitrogens with two attached hydrogens (primary N) is 1. The Morgan fingerprint density at radius 3 is 2.36 bits per heavy atom. The Morgan fingerprint density at radius 1 is 1.15 bits per heavy atom. The van der Waals surface area contributed by atoms with E-state index in [9.17, 15) is 13.2 Å². The fourth-order valence-electron chi connectivity index (χ4n) is 4.60. The maximum absolute atomic E-state index is 13.0. The molecular weight excluding hydrogens is 487 g/mol. The maximum atomic E-state index is 13.0. The summed E-state index contributed by atoms with van der Waals surface area (Å²) in [7, 11) is -3.78. The van der Waals surface area contributed by atoms with Gasteiger partial charge in [-0.15, -0.1) is 0 Å². The number of piperidine rings is 1. The monoisotopic (exact) mass is 512 g/mol. The molecule has 0 saturated carbocycles. The molecule has 0 aliphatic carbocycles. The fraction of sp³-hybridized carbons (Fsp3) is 0.455. The second kappa shape index (κ2) is 8.94. The number of aromatic nitrogens is 1. The number of primary sulfonamides is 1. The summed E-state index contributed by atoms with van der Waals surface area (Å²) in [5.74, 6) is 0.985. The van der Waals surface area contributed by atoms with Crippen molar-refractivity contribution < 1.29 is 17.9 Å². The number of nitrogens with one attached hydrogen (secondary N) is 1. The number of fused-ring (bicyclic) bond motifs is 2. The number of sulfonamides is 1. The summed E-state index contributed by atoms with van der Waals surface area (Å²) < 4.78 is 28.9. The van der Waals surface area contributed by atoms with Gasteiger partial charge in [0, 0.05) is 30.4 Å². The van der Waals surface area contributed by atoms with Gasteiger partial charge in [-0.25, -0.2) is 18.5 Å². The van der Waals surface area contributed by atoms with E-state index >= 15 is 0 Å². The lowest BCUT2D eigenvalue weighted by molar-refractivity contribution is -0.135. The average Bonchev–Trinajstić information content (AvgIpc) is 3.00. The Morgan fingerprint density at radius 2 is 1.82 bits per heavy atom. The first kappa shape index (κ1) is 24.1. The van der Waals surface area contributed by atoms with Crippen LogP contribution in [0.3, 0.4) is 0 Å². The fourth-order valence-corrected chi connectivity index (χ4v) is 5.35. The number of hydrogen-bond acceptors (Lipinski definition) is 6. The van der Waals surface area contributed by atoms with Crippen LogP contribution in [0, 0.1) is 0 Å². The lowest BCUT2D eigenvalue weighted by Gasteiger charge is -2.40. The summed E-state index contributed by atoms with van der Waals surface area (Å²) >= 11 is 12.0. The Balaban J connectivity index is 1.40. The zero-order valence-corrected chi connectivity index (χ0v) is 20.6. The molecule has 2 aliphatic rings. The number of amides is 1. The smallest absolute Gasteiger partial charge is 0.263 e. The van der Waals surface area contributed by atoms with Crippen molar-refractivity contribution in [1.29, 1.82) is 0 Å². The van der Waals surface area contributed by atoms with Gasteiger partial charge in [-0.3, -0.25) is 4.79 Å². The van der Waals surface area contributed by atoms with E-state index in [-0.39, 0.29) is 28.9 Å². The van der Waals surface area contributed by atoms with Gasteiger partial charge in [0.25, 0.3) is 5.91 Å². The highest BCUT2D eigenvalue weighted by Gasteiger charge is 2.43. The van der Waals surface area contributed by atoms with Crippen molar-refractivity contribution in [2.24, 2.45) is 5.14 Å². The molecule has 1 aromatic carbocycles. The number of carbonyl (C=O) groups is 1. The molecule has 1 aromatic heterocycles. The molecule has 2 fully saturated rings. The SMILES string of the molecule is CC(C)(Oc1ccc(Cl)c(Cl)c1)C(=O)NC1CC2CCC(C1)N2c1ccc(S(N)(=O)=O)cn1. The van der Waals surface area contributed by atoms with Crippen molar-refractivity contribution in [3.8, 4) is 5.75 Å². The molecule has 33 heavy (non-hydrogen) atoms. The van der Waals surface area contributed by atoms with Gasteiger partial charge < -0.3 is 15.0 Å². The summed E-state index contributed by atoms with van der Waals surface area (Å²) in [6.07, 6.45) is 4.80. The van der Waals surface area contributed by atoms with Crippen molar-refractivity contribution in [2.75, 3.05) is 4.90 Å². The zero-order valence-electron chi connectivity index (χ0n) is 18.3. The number of anilines is 1. The quantitative estimate of drug-likeness (QED) is 0.611. The van der Waals surface area contributed by atoms with E-state index in [0.717, 1.165) is 31.5 Å². The van der Waals surface area contributed by atoms with Crippen molar-refractivity contribution in [3.63, 3.8) is 0 Å². The third kappa shape index (κ3) is 5.21. The number of carbonyl (C=O) groups excluding carboxylic acids is 1. The van der Waals surface area contributed by atoms with E-state index in [4.69, 9.17) is 33.1 Å². The molecular formula is C22H26Cl2N4O4S. The van der Waals surface area contributed by atoms with E-state index in [1.54, 1.807) is 38.1 Å². The number of halogens is 2. The van der Waals surface area contributed by atoms with Crippen LogP contribution in [0.5, 0.6) is 5.75 Å². The number of nitrogens with zero attached hydrogens (tertiary/aromatic N) is 2. The predicted octanol–water partition coefficient (Wildman–Crippen LogP) is 3.51. The van der Waals surface area contributed by atoms with Crippen LogP contribution >= 0.6 is 23.2 Å². The van der Waals surface area contributed by atoms with Gasteiger partial charge in [0.15, 0.2) is 5.60 Å². The summed E-state index contributed by atoms with van der Waals surface area (Å²) in [6, 6.07) is 8.49. The average molecular weight is 513 g/mol. The first-order chi connectivity index (χ1) is 15.4. The zero-order chi connectivity index (χ0) is 24.0. The highest BCUT2D eigenvalue weighted by molar-refractivity contribution is 7.89. The molecule has 11 heteroatoms. The highest BCUT2D eigenvalue weighted by atomic mass is 35.5. The largest absolute Gasteiger partial charge is 0.478 e. The third-order valence-corrected chi connectivity index (χ3v) is 7.83.